The van der Waals surface area contributed by atoms with Gasteiger partial charge in [0.2, 0.25) is 11.7 Å². The maximum Gasteiger partial charge on any atom is 0.246 e. The molecular weight excluding hydrogens is 336 g/mol. The fourth-order valence-corrected chi connectivity index (χ4v) is 1.87. The molecule has 1 aromatic carbocycles. The fraction of sp³-hybridized carbons (Fsp3) is 0.308. The number of nitriles is 1. The molecule has 0 saturated heterocycles. The highest BCUT2D eigenvalue weighted by atomic mass is 79.9. The lowest BCUT2D eigenvalue weighted by Gasteiger charge is -2.14. The van der Waals surface area contributed by atoms with Gasteiger partial charge in [0, 0.05) is 23.6 Å². The van der Waals surface area contributed by atoms with Crippen molar-refractivity contribution in [3.05, 3.63) is 28.7 Å². The Morgan fingerprint density at radius 1 is 1.43 bits per heavy atom. The Morgan fingerprint density at radius 3 is 2.81 bits per heavy atom. The normalized spacial score (nSPS) is 10.1. The first-order valence-corrected chi connectivity index (χ1v) is 7.04. The molecule has 0 unspecified atom stereocenters. The third-order valence-electron chi connectivity index (χ3n) is 2.82. The van der Waals surface area contributed by atoms with Gasteiger partial charge in [-0.05, 0) is 29.5 Å². The average Bonchev–Trinajstić information content (AvgIpc) is 2.93. The number of likely N-dealkylation sites (N-methyl/N-ethyl adjacent to an activating group) is 1. The number of benzene rings is 1. The number of tetrazole rings is 1. The van der Waals surface area contributed by atoms with Crippen molar-refractivity contribution in [2.45, 2.75) is 13.0 Å². The molecule has 2 rings (SSSR count). The SMILES string of the molecule is CN(CCC#N)C(=O)Cn1nnc(-c2ccc(Br)cc2)n1. The van der Waals surface area contributed by atoms with E-state index in [-0.39, 0.29) is 12.5 Å². The summed E-state index contributed by atoms with van der Waals surface area (Å²) in [5.41, 5.74) is 0.828. The third-order valence-corrected chi connectivity index (χ3v) is 3.35. The summed E-state index contributed by atoms with van der Waals surface area (Å²) < 4.78 is 0.966. The van der Waals surface area contributed by atoms with Gasteiger partial charge in [-0.3, -0.25) is 4.79 Å². The molecule has 0 radical (unpaired) electrons. The number of hydrogen-bond acceptors (Lipinski definition) is 5. The van der Waals surface area contributed by atoms with Crippen LogP contribution in [0.3, 0.4) is 0 Å². The number of hydrogen-bond donors (Lipinski definition) is 0. The predicted octanol–water partition coefficient (Wildman–Crippen LogP) is 1.47. The molecule has 108 valence electrons. The fourth-order valence-electron chi connectivity index (χ4n) is 1.61. The lowest BCUT2D eigenvalue weighted by atomic mass is 10.2. The second-order valence-corrected chi connectivity index (χ2v) is 5.29. The summed E-state index contributed by atoms with van der Waals surface area (Å²) in [4.78, 5) is 14.6. The number of amides is 1. The minimum absolute atomic E-state index is 0.00541. The summed E-state index contributed by atoms with van der Waals surface area (Å²) in [6.07, 6.45) is 0.303. The third kappa shape index (κ3) is 4.10. The van der Waals surface area contributed by atoms with Gasteiger partial charge in [0.1, 0.15) is 6.54 Å². The van der Waals surface area contributed by atoms with Crippen LogP contribution in [0.15, 0.2) is 28.7 Å². The second kappa shape index (κ2) is 6.95. The molecule has 0 N–H and O–H groups in total. The highest BCUT2D eigenvalue weighted by Crippen LogP contribution is 2.17. The van der Waals surface area contributed by atoms with Crippen molar-refractivity contribution in [3.63, 3.8) is 0 Å². The van der Waals surface area contributed by atoms with Crippen molar-refractivity contribution >= 4 is 21.8 Å². The van der Waals surface area contributed by atoms with Crippen LogP contribution >= 0.6 is 15.9 Å². The van der Waals surface area contributed by atoms with Gasteiger partial charge >= 0.3 is 0 Å². The van der Waals surface area contributed by atoms with Crippen molar-refractivity contribution in [2.24, 2.45) is 0 Å². The predicted molar refractivity (Wildman–Crippen MR) is 78.8 cm³/mol. The molecule has 21 heavy (non-hydrogen) atoms. The molecule has 0 aliphatic carbocycles. The lowest BCUT2D eigenvalue weighted by molar-refractivity contribution is -0.130. The zero-order valence-corrected chi connectivity index (χ0v) is 13.0. The molecule has 8 heteroatoms. The van der Waals surface area contributed by atoms with Crippen molar-refractivity contribution in [3.8, 4) is 17.5 Å². The molecular formula is C13H13BrN6O. The van der Waals surface area contributed by atoms with Crippen LogP contribution in [-0.4, -0.2) is 44.6 Å². The Hall–Kier alpha value is -2.27. The first-order chi connectivity index (χ1) is 10.1. The van der Waals surface area contributed by atoms with Crippen molar-refractivity contribution < 1.29 is 4.79 Å². The lowest BCUT2D eigenvalue weighted by Crippen LogP contribution is -2.31. The zero-order chi connectivity index (χ0) is 15.2. The van der Waals surface area contributed by atoms with E-state index < -0.39 is 0 Å². The van der Waals surface area contributed by atoms with E-state index >= 15 is 0 Å². The Bertz CT molecular complexity index is 660. The van der Waals surface area contributed by atoms with Crippen LogP contribution in [0.1, 0.15) is 6.42 Å². The molecule has 2 aromatic rings. The molecule has 0 spiro atoms. The summed E-state index contributed by atoms with van der Waals surface area (Å²) >= 11 is 3.36. The van der Waals surface area contributed by atoms with E-state index in [1.807, 2.05) is 30.3 Å². The minimum Gasteiger partial charge on any atom is -0.343 e. The average molecular weight is 349 g/mol. The molecule has 0 fully saturated rings. The number of carbonyl (C=O) groups excluding carboxylic acids is 1. The minimum atomic E-state index is -0.162. The Labute approximate surface area is 130 Å². The van der Waals surface area contributed by atoms with E-state index in [2.05, 4.69) is 31.3 Å². The molecule has 0 saturated carbocycles. The number of rotatable bonds is 5. The van der Waals surface area contributed by atoms with Gasteiger partial charge in [0.15, 0.2) is 0 Å². The Balaban J connectivity index is 2.02. The van der Waals surface area contributed by atoms with Gasteiger partial charge in [-0.25, -0.2) is 0 Å². The van der Waals surface area contributed by atoms with Gasteiger partial charge in [-0.15, -0.1) is 10.2 Å². The summed E-state index contributed by atoms with van der Waals surface area (Å²) in [6, 6.07) is 9.51. The molecule has 0 aliphatic rings. The maximum absolute atomic E-state index is 11.9. The van der Waals surface area contributed by atoms with E-state index in [0.717, 1.165) is 10.0 Å². The summed E-state index contributed by atoms with van der Waals surface area (Å²) in [5, 5.41) is 20.5. The van der Waals surface area contributed by atoms with Crippen molar-refractivity contribution in [1.29, 1.82) is 5.26 Å². The standard InChI is InChI=1S/C13H13BrN6O/c1-19(8-2-7-15)12(21)9-20-17-13(16-18-20)10-3-5-11(14)6-4-10/h3-6H,2,8-9H2,1H3. The number of nitrogens with zero attached hydrogens (tertiary/aromatic N) is 6. The van der Waals surface area contributed by atoms with Gasteiger partial charge < -0.3 is 4.90 Å². The first-order valence-electron chi connectivity index (χ1n) is 6.25. The van der Waals surface area contributed by atoms with Gasteiger partial charge in [0.05, 0.1) is 12.5 Å². The van der Waals surface area contributed by atoms with E-state index in [4.69, 9.17) is 5.26 Å². The van der Waals surface area contributed by atoms with E-state index in [0.29, 0.717) is 18.8 Å². The summed E-state index contributed by atoms with van der Waals surface area (Å²) in [5.74, 6) is 0.306. The monoisotopic (exact) mass is 348 g/mol. The zero-order valence-electron chi connectivity index (χ0n) is 11.4. The smallest absolute Gasteiger partial charge is 0.246 e. The molecule has 0 atom stereocenters. The number of halogens is 1. The summed E-state index contributed by atoms with van der Waals surface area (Å²) in [7, 11) is 1.65. The quantitative estimate of drug-likeness (QED) is 0.816. The second-order valence-electron chi connectivity index (χ2n) is 4.37. The van der Waals surface area contributed by atoms with Crippen LogP contribution in [0.5, 0.6) is 0 Å². The molecule has 1 heterocycles. The Morgan fingerprint density at radius 2 is 2.14 bits per heavy atom. The van der Waals surface area contributed by atoms with E-state index in [1.165, 1.54) is 9.70 Å². The molecule has 0 bridgehead atoms. The number of carbonyl (C=O) groups is 1. The van der Waals surface area contributed by atoms with Gasteiger partial charge in [-0.2, -0.15) is 10.1 Å². The van der Waals surface area contributed by atoms with Crippen LogP contribution < -0.4 is 0 Å². The van der Waals surface area contributed by atoms with E-state index in [9.17, 15) is 4.79 Å². The van der Waals surface area contributed by atoms with E-state index in [1.54, 1.807) is 7.05 Å². The highest BCUT2D eigenvalue weighted by molar-refractivity contribution is 9.10. The molecule has 7 nitrogen and oxygen atoms in total. The first kappa shape index (κ1) is 15.1. The van der Waals surface area contributed by atoms with Gasteiger partial charge in [0.25, 0.3) is 0 Å². The largest absolute Gasteiger partial charge is 0.343 e. The maximum atomic E-state index is 11.9. The van der Waals surface area contributed by atoms with Crippen LogP contribution in [-0.2, 0) is 11.3 Å². The van der Waals surface area contributed by atoms with Crippen LogP contribution in [0.2, 0.25) is 0 Å². The topological polar surface area (TPSA) is 87.7 Å². The Kier molecular flexibility index (Phi) is 5.00. The van der Waals surface area contributed by atoms with Crippen LogP contribution in [0.25, 0.3) is 11.4 Å². The number of aromatic nitrogens is 4. The highest BCUT2D eigenvalue weighted by Gasteiger charge is 2.12. The van der Waals surface area contributed by atoms with Gasteiger partial charge in [-0.1, -0.05) is 15.9 Å². The van der Waals surface area contributed by atoms with Crippen LogP contribution in [0, 0.1) is 11.3 Å². The molecule has 1 aromatic heterocycles. The summed E-state index contributed by atoms with van der Waals surface area (Å²) in [6.45, 7) is 0.398. The van der Waals surface area contributed by atoms with Crippen molar-refractivity contribution in [1.82, 2.24) is 25.1 Å². The van der Waals surface area contributed by atoms with Crippen molar-refractivity contribution in [2.75, 3.05) is 13.6 Å². The molecule has 1 amide bonds. The van der Waals surface area contributed by atoms with Crippen LogP contribution in [0.4, 0.5) is 0 Å². The molecule has 0 aliphatic heterocycles.